The van der Waals surface area contributed by atoms with E-state index in [1.165, 1.54) is 0 Å². The summed E-state index contributed by atoms with van der Waals surface area (Å²) in [5.41, 5.74) is 2.57. The minimum absolute atomic E-state index is 0.0819. The number of hydrogen-bond acceptors (Lipinski definition) is 2. The summed E-state index contributed by atoms with van der Waals surface area (Å²) < 4.78 is 0. The molecule has 1 heterocycles. The van der Waals surface area contributed by atoms with E-state index in [1.54, 1.807) is 0 Å². The summed E-state index contributed by atoms with van der Waals surface area (Å²) in [6.45, 7) is 2.06. The van der Waals surface area contributed by atoms with Gasteiger partial charge in [-0.05, 0) is 12.5 Å². The Kier molecular flexibility index (Phi) is 3.15. The van der Waals surface area contributed by atoms with E-state index in [-0.39, 0.29) is 5.56 Å². The molecule has 16 heavy (non-hydrogen) atoms. The van der Waals surface area contributed by atoms with E-state index in [0.717, 1.165) is 29.7 Å². The van der Waals surface area contributed by atoms with Crippen LogP contribution >= 0.6 is 0 Å². The zero-order chi connectivity index (χ0) is 11.4. The van der Waals surface area contributed by atoms with Crippen LogP contribution in [0.25, 0.3) is 11.3 Å². The van der Waals surface area contributed by atoms with Gasteiger partial charge in [-0.25, -0.2) is 5.10 Å². The van der Waals surface area contributed by atoms with Crippen molar-refractivity contribution in [2.45, 2.75) is 19.8 Å². The molecule has 0 atom stereocenters. The van der Waals surface area contributed by atoms with Gasteiger partial charge in [0.1, 0.15) is 0 Å². The largest absolute Gasteiger partial charge is 0.268 e. The molecule has 82 valence electrons. The predicted molar refractivity (Wildman–Crippen MR) is 64.3 cm³/mol. The lowest BCUT2D eigenvalue weighted by Gasteiger charge is -2.02. The highest BCUT2D eigenvalue weighted by molar-refractivity contribution is 5.58. The van der Waals surface area contributed by atoms with Crippen LogP contribution in [0.4, 0.5) is 0 Å². The molecule has 0 aliphatic carbocycles. The van der Waals surface area contributed by atoms with Gasteiger partial charge in [-0.1, -0.05) is 43.7 Å². The molecule has 0 spiro atoms. The Morgan fingerprint density at radius 3 is 2.69 bits per heavy atom. The molecule has 0 aliphatic heterocycles. The van der Waals surface area contributed by atoms with Crippen LogP contribution in [0, 0.1) is 0 Å². The fourth-order valence-corrected chi connectivity index (χ4v) is 1.66. The Hall–Kier alpha value is -1.90. The highest BCUT2D eigenvalue weighted by atomic mass is 16.1. The van der Waals surface area contributed by atoms with E-state index < -0.39 is 0 Å². The van der Waals surface area contributed by atoms with Crippen molar-refractivity contribution in [2.24, 2.45) is 0 Å². The maximum Gasteiger partial charge on any atom is 0.267 e. The number of H-pyrrole nitrogens is 1. The molecule has 0 saturated heterocycles. The molecule has 1 N–H and O–H groups in total. The van der Waals surface area contributed by atoms with Crippen molar-refractivity contribution in [3.05, 3.63) is 52.3 Å². The number of aryl methyl sites for hydroxylation is 1. The number of rotatable bonds is 3. The second kappa shape index (κ2) is 4.75. The van der Waals surface area contributed by atoms with Crippen LogP contribution in [-0.4, -0.2) is 10.2 Å². The molecule has 0 aliphatic rings. The van der Waals surface area contributed by atoms with Crippen LogP contribution in [0.5, 0.6) is 0 Å². The van der Waals surface area contributed by atoms with E-state index in [4.69, 9.17) is 0 Å². The average Bonchev–Trinajstić information content (AvgIpc) is 2.33. The summed E-state index contributed by atoms with van der Waals surface area (Å²) in [6.07, 6.45) is 1.75. The first-order valence-electron chi connectivity index (χ1n) is 5.45. The minimum Gasteiger partial charge on any atom is -0.268 e. The van der Waals surface area contributed by atoms with Crippen LogP contribution in [0.2, 0.25) is 0 Å². The minimum atomic E-state index is -0.0819. The third-order valence-corrected chi connectivity index (χ3v) is 2.47. The van der Waals surface area contributed by atoms with Crippen molar-refractivity contribution in [3.8, 4) is 11.3 Å². The molecule has 1 aromatic heterocycles. The second-order valence-electron chi connectivity index (χ2n) is 3.72. The quantitative estimate of drug-likeness (QED) is 0.852. The number of aromatic amines is 1. The molecule has 0 saturated carbocycles. The Morgan fingerprint density at radius 1 is 1.25 bits per heavy atom. The number of aromatic nitrogens is 2. The van der Waals surface area contributed by atoms with Crippen LogP contribution in [-0.2, 0) is 6.42 Å². The van der Waals surface area contributed by atoms with Crippen molar-refractivity contribution in [2.75, 3.05) is 0 Å². The zero-order valence-corrected chi connectivity index (χ0v) is 9.23. The molecule has 0 unspecified atom stereocenters. The fourth-order valence-electron chi connectivity index (χ4n) is 1.66. The van der Waals surface area contributed by atoms with Crippen molar-refractivity contribution >= 4 is 0 Å². The van der Waals surface area contributed by atoms with Crippen LogP contribution < -0.4 is 5.56 Å². The van der Waals surface area contributed by atoms with Crippen LogP contribution in [0.15, 0.2) is 41.2 Å². The number of nitrogens with zero attached hydrogens (tertiary/aromatic N) is 1. The second-order valence-corrected chi connectivity index (χ2v) is 3.72. The molecule has 0 fully saturated rings. The SMILES string of the molecule is CCCc1cc(-c2ccccc2)n[nH]c1=O. The molecule has 0 bridgehead atoms. The Bertz CT molecular complexity index is 517. The third kappa shape index (κ3) is 2.19. The first kappa shape index (κ1) is 10.6. The summed E-state index contributed by atoms with van der Waals surface area (Å²) in [4.78, 5) is 11.5. The Balaban J connectivity index is 2.44. The van der Waals surface area contributed by atoms with Gasteiger partial charge in [0.15, 0.2) is 0 Å². The average molecular weight is 214 g/mol. The summed E-state index contributed by atoms with van der Waals surface area (Å²) in [5.74, 6) is 0. The van der Waals surface area contributed by atoms with E-state index in [1.807, 2.05) is 36.4 Å². The van der Waals surface area contributed by atoms with Gasteiger partial charge in [-0.15, -0.1) is 0 Å². The van der Waals surface area contributed by atoms with E-state index >= 15 is 0 Å². The third-order valence-electron chi connectivity index (χ3n) is 2.47. The fraction of sp³-hybridized carbons (Fsp3) is 0.231. The monoisotopic (exact) mass is 214 g/mol. The highest BCUT2D eigenvalue weighted by Gasteiger charge is 2.03. The molecular formula is C13H14N2O. The molecule has 1 aromatic carbocycles. The number of nitrogens with one attached hydrogen (secondary N) is 1. The molecule has 0 radical (unpaired) electrons. The molecule has 3 heteroatoms. The maximum atomic E-state index is 11.5. The van der Waals surface area contributed by atoms with E-state index in [2.05, 4.69) is 17.1 Å². The number of hydrogen-bond donors (Lipinski definition) is 1. The van der Waals surface area contributed by atoms with E-state index in [9.17, 15) is 4.79 Å². The lowest BCUT2D eigenvalue weighted by molar-refractivity contribution is 0.872. The summed E-state index contributed by atoms with van der Waals surface area (Å²) in [5, 5.41) is 6.60. The van der Waals surface area contributed by atoms with E-state index in [0.29, 0.717) is 0 Å². The molecule has 3 nitrogen and oxygen atoms in total. The number of benzene rings is 1. The van der Waals surface area contributed by atoms with Crippen LogP contribution in [0.1, 0.15) is 18.9 Å². The summed E-state index contributed by atoms with van der Waals surface area (Å²) in [6, 6.07) is 11.7. The van der Waals surface area contributed by atoms with Gasteiger partial charge in [0.05, 0.1) is 5.69 Å². The molecule has 0 amide bonds. The van der Waals surface area contributed by atoms with Crippen molar-refractivity contribution < 1.29 is 0 Å². The first-order valence-corrected chi connectivity index (χ1v) is 5.45. The highest BCUT2D eigenvalue weighted by Crippen LogP contribution is 2.15. The standard InChI is InChI=1S/C13H14N2O/c1-2-6-11-9-12(14-15-13(11)16)10-7-4-3-5-8-10/h3-5,7-9H,2,6H2,1H3,(H,15,16). The normalized spacial score (nSPS) is 10.3. The smallest absolute Gasteiger partial charge is 0.267 e. The maximum absolute atomic E-state index is 11.5. The zero-order valence-electron chi connectivity index (χ0n) is 9.23. The van der Waals surface area contributed by atoms with Gasteiger partial charge in [0.2, 0.25) is 0 Å². The van der Waals surface area contributed by atoms with Gasteiger partial charge in [0.25, 0.3) is 5.56 Å². The molecule has 2 aromatic rings. The van der Waals surface area contributed by atoms with Crippen molar-refractivity contribution in [1.29, 1.82) is 0 Å². The Morgan fingerprint density at radius 2 is 2.00 bits per heavy atom. The topological polar surface area (TPSA) is 45.8 Å². The lowest BCUT2D eigenvalue weighted by atomic mass is 10.1. The van der Waals surface area contributed by atoms with Crippen molar-refractivity contribution in [1.82, 2.24) is 10.2 Å². The van der Waals surface area contributed by atoms with Gasteiger partial charge in [-0.3, -0.25) is 4.79 Å². The Labute approximate surface area is 94.2 Å². The molecule has 2 rings (SSSR count). The molecular weight excluding hydrogens is 200 g/mol. The summed E-state index contributed by atoms with van der Waals surface area (Å²) >= 11 is 0. The summed E-state index contributed by atoms with van der Waals surface area (Å²) in [7, 11) is 0. The van der Waals surface area contributed by atoms with Gasteiger partial charge < -0.3 is 0 Å². The van der Waals surface area contributed by atoms with Crippen LogP contribution in [0.3, 0.4) is 0 Å². The first-order chi connectivity index (χ1) is 7.81. The van der Waals surface area contributed by atoms with Crippen molar-refractivity contribution in [3.63, 3.8) is 0 Å². The van der Waals surface area contributed by atoms with Gasteiger partial charge in [0, 0.05) is 11.1 Å². The van der Waals surface area contributed by atoms with Gasteiger partial charge in [-0.2, -0.15) is 5.10 Å². The lowest BCUT2D eigenvalue weighted by Crippen LogP contribution is -2.14. The predicted octanol–water partition coefficient (Wildman–Crippen LogP) is 2.39. The van der Waals surface area contributed by atoms with Gasteiger partial charge >= 0.3 is 0 Å².